The zero-order valence-electron chi connectivity index (χ0n) is 13.9. The van der Waals surface area contributed by atoms with Crippen molar-refractivity contribution in [1.29, 1.82) is 0 Å². The van der Waals surface area contributed by atoms with Crippen LogP contribution in [0.25, 0.3) is 0 Å². The molecule has 2 nitrogen and oxygen atoms in total. The molecule has 0 aromatic heterocycles. The van der Waals surface area contributed by atoms with Crippen LogP contribution in [-0.4, -0.2) is 17.2 Å². The summed E-state index contributed by atoms with van der Waals surface area (Å²) in [7, 11) is 0. The maximum absolute atomic E-state index is 10.6. The van der Waals surface area contributed by atoms with Gasteiger partial charge < -0.3 is 10.4 Å². The van der Waals surface area contributed by atoms with E-state index in [0.717, 1.165) is 18.4 Å². The van der Waals surface area contributed by atoms with Crippen molar-refractivity contribution in [3.8, 4) is 0 Å². The van der Waals surface area contributed by atoms with E-state index in [1.54, 1.807) is 0 Å². The molecular formula is C18H31NO. The smallest absolute Gasteiger partial charge is 0.0942 e. The first kappa shape index (κ1) is 17.2. The minimum atomic E-state index is -0.442. The molecule has 1 rings (SSSR count). The van der Waals surface area contributed by atoms with Crippen molar-refractivity contribution < 1.29 is 5.11 Å². The Labute approximate surface area is 124 Å². The summed E-state index contributed by atoms with van der Waals surface area (Å²) in [5.41, 5.74) is 2.46. The fourth-order valence-electron chi connectivity index (χ4n) is 2.33. The molecule has 0 aliphatic carbocycles. The third kappa shape index (κ3) is 4.60. The van der Waals surface area contributed by atoms with E-state index in [1.807, 2.05) is 0 Å². The lowest BCUT2D eigenvalue weighted by molar-refractivity contribution is 0.120. The Bertz CT molecular complexity index is 391. The van der Waals surface area contributed by atoms with Gasteiger partial charge in [-0.15, -0.1) is 0 Å². The lowest BCUT2D eigenvalue weighted by atomic mass is 9.86. The van der Waals surface area contributed by atoms with Crippen molar-refractivity contribution in [3.05, 3.63) is 35.4 Å². The number of aliphatic hydroxyl groups excluding tert-OH is 1. The van der Waals surface area contributed by atoms with E-state index >= 15 is 0 Å². The molecule has 0 saturated carbocycles. The molecule has 0 amide bonds. The first-order valence-corrected chi connectivity index (χ1v) is 7.84. The fraction of sp³-hybridized carbons (Fsp3) is 0.667. The highest BCUT2D eigenvalue weighted by Crippen LogP contribution is 2.25. The van der Waals surface area contributed by atoms with E-state index in [2.05, 4.69) is 71.1 Å². The Morgan fingerprint density at radius 2 is 1.60 bits per heavy atom. The van der Waals surface area contributed by atoms with Crippen molar-refractivity contribution in [2.24, 2.45) is 0 Å². The van der Waals surface area contributed by atoms with Gasteiger partial charge in [-0.1, -0.05) is 58.9 Å². The van der Waals surface area contributed by atoms with Gasteiger partial charge in [-0.05, 0) is 36.3 Å². The first-order chi connectivity index (χ1) is 9.29. The number of benzene rings is 1. The van der Waals surface area contributed by atoms with Gasteiger partial charge in [0, 0.05) is 12.1 Å². The van der Waals surface area contributed by atoms with E-state index < -0.39 is 6.10 Å². The van der Waals surface area contributed by atoms with Crippen molar-refractivity contribution >= 4 is 0 Å². The summed E-state index contributed by atoms with van der Waals surface area (Å²) in [5.74, 6) is 0. The van der Waals surface area contributed by atoms with Gasteiger partial charge in [0.25, 0.3) is 0 Å². The molecule has 20 heavy (non-hydrogen) atoms. The molecular weight excluding hydrogens is 246 g/mol. The summed E-state index contributed by atoms with van der Waals surface area (Å²) in [4.78, 5) is 0. The Hall–Kier alpha value is -0.860. The quantitative estimate of drug-likeness (QED) is 0.817. The molecule has 1 aromatic rings. The van der Waals surface area contributed by atoms with Gasteiger partial charge in [0.15, 0.2) is 0 Å². The average molecular weight is 277 g/mol. The molecule has 2 heteroatoms. The van der Waals surface area contributed by atoms with Crippen molar-refractivity contribution in [3.63, 3.8) is 0 Å². The molecule has 0 heterocycles. The number of aliphatic hydroxyl groups is 1. The lowest BCUT2D eigenvalue weighted by Gasteiger charge is -2.27. The molecule has 2 N–H and O–H groups in total. The molecule has 0 saturated heterocycles. The van der Waals surface area contributed by atoms with E-state index in [1.165, 1.54) is 5.56 Å². The van der Waals surface area contributed by atoms with Crippen LogP contribution in [0.1, 0.15) is 71.6 Å². The largest absolute Gasteiger partial charge is 0.387 e. The van der Waals surface area contributed by atoms with Gasteiger partial charge in [-0.25, -0.2) is 0 Å². The number of hydrogen-bond donors (Lipinski definition) is 2. The van der Waals surface area contributed by atoms with Gasteiger partial charge in [-0.2, -0.15) is 0 Å². The molecule has 3 unspecified atom stereocenters. The first-order valence-electron chi connectivity index (χ1n) is 7.84. The predicted octanol–water partition coefficient (Wildman–Crippen LogP) is 4.18. The van der Waals surface area contributed by atoms with Crippen LogP contribution >= 0.6 is 0 Å². The summed E-state index contributed by atoms with van der Waals surface area (Å²) in [6.45, 7) is 13.1. The second-order valence-corrected chi connectivity index (χ2v) is 6.81. The molecule has 3 atom stereocenters. The zero-order chi connectivity index (χ0) is 15.3. The van der Waals surface area contributed by atoms with Crippen LogP contribution in [0.2, 0.25) is 0 Å². The van der Waals surface area contributed by atoms with Gasteiger partial charge in [0.05, 0.1) is 6.10 Å². The van der Waals surface area contributed by atoms with Crippen LogP contribution in [0.5, 0.6) is 0 Å². The van der Waals surface area contributed by atoms with Crippen LogP contribution < -0.4 is 5.32 Å². The number of hydrogen-bond acceptors (Lipinski definition) is 2. The Balaban J connectivity index is 2.82. The summed E-state index contributed by atoms with van der Waals surface area (Å²) in [6.07, 6.45) is 1.56. The maximum atomic E-state index is 10.6. The minimum Gasteiger partial charge on any atom is -0.387 e. The predicted molar refractivity (Wildman–Crippen MR) is 87.1 cm³/mol. The van der Waals surface area contributed by atoms with Crippen LogP contribution in [0.15, 0.2) is 24.3 Å². The fourth-order valence-corrected chi connectivity index (χ4v) is 2.33. The van der Waals surface area contributed by atoms with Crippen LogP contribution in [0.3, 0.4) is 0 Å². The van der Waals surface area contributed by atoms with Gasteiger partial charge >= 0.3 is 0 Å². The average Bonchev–Trinajstić information content (AvgIpc) is 2.42. The second-order valence-electron chi connectivity index (χ2n) is 6.81. The van der Waals surface area contributed by atoms with E-state index in [4.69, 9.17) is 0 Å². The normalized spacial score (nSPS) is 16.8. The topological polar surface area (TPSA) is 32.3 Å². The highest BCUT2D eigenvalue weighted by atomic mass is 16.3. The molecule has 0 fully saturated rings. The summed E-state index contributed by atoms with van der Waals surface area (Å²) < 4.78 is 0. The molecule has 0 spiro atoms. The van der Waals surface area contributed by atoms with E-state index in [9.17, 15) is 5.11 Å². The Kier molecular flexibility index (Phi) is 6.22. The number of rotatable bonds is 6. The van der Waals surface area contributed by atoms with E-state index in [0.29, 0.717) is 6.04 Å². The standard InChI is InChI=1S/C18H31NO/c1-7-13(3)19-16(8-2)17(20)14-9-11-15(12-10-14)18(4,5)6/h9-13,16-17,19-20H,7-8H2,1-6H3. The van der Waals surface area contributed by atoms with Crippen molar-refractivity contribution in [2.45, 2.75) is 78.0 Å². The van der Waals surface area contributed by atoms with Gasteiger partial charge in [0.2, 0.25) is 0 Å². The molecule has 0 bridgehead atoms. The second kappa shape index (κ2) is 7.24. The van der Waals surface area contributed by atoms with Crippen LogP contribution in [0.4, 0.5) is 0 Å². The highest BCUT2D eigenvalue weighted by Gasteiger charge is 2.21. The summed E-state index contributed by atoms with van der Waals surface area (Å²) >= 11 is 0. The summed E-state index contributed by atoms with van der Waals surface area (Å²) in [6, 6.07) is 8.94. The third-order valence-corrected chi connectivity index (χ3v) is 4.05. The highest BCUT2D eigenvalue weighted by molar-refractivity contribution is 5.29. The third-order valence-electron chi connectivity index (χ3n) is 4.05. The van der Waals surface area contributed by atoms with Gasteiger partial charge in [-0.3, -0.25) is 0 Å². The van der Waals surface area contributed by atoms with E-state index in [-0.39, 0.29) is 11.5 Å². The molecule has 0 aliphatic heterocycles. The number of nitrogens with one attached hydrogen (secondary N) is 1. The zero-order valence-corrected chi connectivity index (χ0v) is 13.9. The minimum absolute atomic E-state index is 0.116. The molecule has 114 valence electrons. The molecule has 0 aliphatic rings. The SMILES string of the molecule is CCC(C)NC(CC)C(O)c1ccc(C(C)(C)C)cc1. The Morgan fingerprint density at radius 3 is 2.00 bits per heavy atom. The van der Waals surface area contributed by atoms with Crippen LogP contribution in [0, 0.1) is 0 Å². The lowest BCUT2D eigenvalue weighted by Crippen LogP contribution is -2.40. The molecule has 0 radical (unpaired) electrons. The molecule has 1 aromatic carbocycles. The Morgan fingerprint density at radius 1 is 1.05 bits per heavy atom. The van der Waals surface area contributed by atoms with Crippen molar-refractivity contribution in [2.75, 3.05) is 0 Å². The van der Waals surface area contributed by atoms with Crippen LogP contribution in [-0.2, 0) is 5.41 Å². The van der Waals surface area contributed by atoms with Crippen molar-refractivity contribution in [1.82, 2.24) is 5.32 Å². The van der Waals surface area contributed by atoms with Gasteiger partial charge in [0.1, 0.15) is 0 Å². The maximum Gasteiger partial charge on any atom is 0.0942 e. The monoisotopic (exact) mass is 277 g/mol. The summed E-state index contributed by atoms with van der Waals surface area (Å²) in [5, 5.41) is 14.1.